The zero-order valence-electron chi connectivity index (χ0n) is 14.0. The highest BCUT2D eigenvalue weighted by Crippen LogP contribution is 2.27. The molecule has 1 N–H and O–H groups in total. The van der Waals surface area contributed by atoms with Gasteiger partial charge in [0.2, 0.25) is 0 Å². The average Bonchev–Trinajstić information content (AvgIpc) is 2.52. The van der Waals surface area contributed by atoms with E-state index in [0.717, 1.165) is 16.1 Å². The third-order valence-corrected chi connectivity index (χ3v) is 4.62. The lowest BCUT2D eigenvalue weighted by Crippen LogP contribution is -2.38. The highest BCUT2D eigenvalue weighted by atomic mass is 35.5. The number of fused-ring (bicyclic) bond motifs is 1. The van der Waals surface area contributed by atoms with Crippen molar-refractivity contribution in [3.63, 3.8) is 0 Å². The lowest BCUT2D eigenvalue weighted by molar-refractivity contribution is 0.0728. The summed E-state index contributed by atoms with van der Waals surface area (Å²) in [6, 6.07) is 7.41. The minimum atomic E-state index is -0.494. The van der Waals surface area contributed by atoms with E-state index in [1.54, 1.807) is 11.0 Å². The molecule has 126 valence electrons. The quantitative estimate of drug-likeness (QED) is 0.864. The van der Waals surface area contributed by atoms with Gasteiger partial charge in [-0.05, 0) is 29.7 Å². The fourth-order valence-corrected chi connectivity index (χ4v) is 3.16. The molecule has 0 atom stereocenters. The van der Waals surface area contributed by atoms with Crippen LogP contribution in [0.5, 0.6) is 0 Å². The van der Waals surface area contributed by atoms with Crippen LogP contribution in [0.15, 0.2) is 29.1 Å². The molecule has 0 radical (unpaired) electrons. The topological polar surface area (TPSA) is 66.1 Å². The highest BCUT2D eigenvalue weighted by Gasteiger charge is 2.25. The van der Waals surface area contributed by atoms with Crippen molar-refractivity contribution in [3.05, 3.63) is 62.3 Å². The van der Waals surface area contributed by atoms with Crippen LogP contribution in [0.25, 0.3) is 0 Å². The number of H-pyrrole nitrogens is 1. The van der Waals surface area contributed by atoms with E-state index in [9.17, 15) is 9.59 Å². The maximum atomic E-state index is 12.8. The predicted octanol–water partition coefficient (Wildman–Crippen LogP) is 2.92. The number of amides is 1. The molecule has 0 bridgehead atoms. The minimum absolute atomic E-state index is 0.189. The number of carbonyl (C=O) groups is 1. The molecule has 0 unspecified atom stereocenters. The lowest BCUT2D eigenvalue weighted by Gasteiger charge is -2.29. The van der Waals surface area contributed by atoms with Crippen LogP contribution in [-0.2, 0) is 18.4 Å². The van der Waals surface area contributed by atoms with E-state index < -0.39 is 5.69 Å². The fraction of sp³-hybridized carbons (Fsp3) is 0.389. The lowest BCUT2D eigenvalue weighted by atomic mass is 9.91. The summed E-state index contributed by atoms with van der Waals surface area (Å²) in [5.74, 6) is -0.225. The summed E-state index contributed by atoms with van der Waals surface area (Å²) in [7, 11) is 0. The molecule has 3 rings (SSSR count). The van der Waals surface area contributed by atoms with Gasteiger partial charge < -0.3 is 9.88 Å². The Hall–Kier alpha value is -2.14. The van der Waals surface area contributed by atoms with Crippen molar-refractivity contribution in [1.29, 1.82) is 0 Å². The molecular formula is C18H20ClN3O2. The van der Waals surface area contributed by atoms with E-state index in [2.05, 4.69) is 9.97 Å². The van der Waals surface area contributed by atoms with Gasteiger partial charge in [0.1, 0.15) is 5.69 Å². The van der Waals surface area contributed by atoms with E-state index in [4.69, 9.17) is 11.6 Å². The first kappa shape index (κ1) is 16.7. The first-order chi connectivity index (χ1) is 11.3. The molecule has 6 heteroatoms. The Balaban J connectivity index is 1.91. The van der Waals surface area contributed by atoms with Crippen LogP contribution in [0, 0.1) is 0 Å². The van der Waals surface area contributed by atoms with Gasteiger partial charge in [-0.15, -0.1) is 0 Å². The van der Waals surface area contributed by atoms with Gasteiger partial charge in [0.05, 0.1) is 0 Å². The maximum absolute atomic E-state index is 12.8. The number of hydrogen-bond acceptors (Lipinski definition) is 3. The standard InChI is InChI=1S/C18H20ClN3O2/c1-18(2,3)15-9-14(20-17(24)21-15)16(23)22-8-7-12-11(10-22)5-4-6-13(12)19/h4-6,9H,7-8,10H2,1-3H3,(H,20,21,24). The van der Waals surface area contributed by atoms with E-state index in [1.165, 1.54) is 0 Å². The number of hydrogen-bond donors (Lipinski definition) is 1. The van der Waals surface area contributed by atoms with Crippen LogP contribution in [0.3, 0.4) is 0 Å². The second-order valence-electron chi connectivity index (χ2n) is 7.09. The summed E-state index contributed by atoms with van der Waals surface area (Å²) in [6.07, 6.45) is 0.704. The number of halogens is 1. The van der Waals surface area contributed by atoms with Crippen molar-refractivity contribution in [2.75, 3.05) is 6.54 Å². The van der Waals surface area contributed by atoms with E-state index in [1.807, 2.05) is 39.0 Å². The molecule has 2 aromatic rings. The molecule has 2 heterocycles. The molecule has 0 fully saturated rings. The SMILES string of the molecule is CC(C)(C)c1cc(C(=O)N2CCc3c(Cl)cccc3C2)nc(=O)[nH]1. The van der Waals surface area contributed by atoms with Gasteiger partial charge in [-0.1, -0.05) is 44.5 Å². The molecule has 0 saturated carbocycles. The number of nitrogens with zero attached hydrogens (tertiary/aromatic N) is 2. The average molecular weight is 346 g/mol. The Labute approximate surface area is 145 Å². The van der Waals surface area contributed by atoms with Gasteiger partial charge >= 0.3 is 5.69 Å². The summed E-state index contributed by atoms with van der Waals surface area (Å²) < 4.78 is 0. The zero-order valence-corrected chi connectivity index (χ0v) is 14.8. The maximum Gasteiger partial charge on any atom is 0.345 e. The Morgan fingerprint density at radius 1 is 1.33 bits per heavy atom. The van der Waals surface area contributed by atoms with Gasteiger partial charge in [0.25, 0.3) is 5.91 Å². The minimum Gasteiger partial charge on any atom is -0.333 e. The van der Waals surface area contributed by atoms with Gasteiger partial charge in [0, 0.05) is 29.2 Å². The van der Waals surface area contributed by atoms with Crippen LogP contribution in [0.1, 0.15) is 48.1 Å². The van der Waals surface area contributed by atoms with E-state index in [0.29, 0.717) is 25.2 Å². The van der Waals surface area contributed by atoms with Gasteiger partial charge in [-0.3, -0.25) is 4.79 Å². The van der Waals surface area contributed by atoms with Gasteiger partial charge in [-0.2, -0.15) is 4.98 Å². The number of aromatic amines is 1. The third kappa shape index (κ3) is 3.22. The number of rotatable bonds is 1. The largest absolute Gasteiger partial charge is 0.345 e. The van der Waals surface area contributed by atoms with Crippen molar-refractivity contribution < 1.29 is 4.79 Å². The molecule has 1 aliphatic heterocycles. The van der Waals surface area contributed by atoms with Crippen molar-refractivity contribution in [1.82, 2.24) is 14.9 Å². The predicted molar refractivity (Wildman–Crippen MR) is 93.5 cm³/mol. The Morgan fingerprint density at radius 2 is 2.08 bits per heavy atom. The molecule has 24 heavy (non-hydrogen) atoms. The smallest absolute Gasteiger partial charge is 0.333 e. The Morgan fingerprint density at radius 3 is 2.79 bits per heavy atom. The summed E-state index contributed by atoms with van der Waals surface area (Å²) >= 11 is 6.22. The van der Waals surface area contributed by atoms with E-state index >= 15 is 0 Å². The molecule has 0 spiro atoms. The monoisotopic (exact) mass is 345 g/mol. The number of nitrogens with one attached hydrogen (secondary N) is 1. The first-order valence-electron chi connectivity index (χ1n) is 7.93. The molecule has 1 aromatic carbocycles. The van der Waals surface area contributed by atoms with Crippen molar-refractivity contribution in [2.24, 2.45) is 0 Å². The van der Waals surface area contributed by atoms with Crippen molar-refractivity contribution in [3.8, 4) is 0 Å². The normalized spacial score (nSPS) is 14.4. The second kappa shape index (κ2) is 6.06. The second-order valence-corrected chi connectivity index (χ2v) is 7.50. The Kier molecular flexibility index (Phi) is 4.22. The van der Waals surface area contributed by atoms with Crippen molar-refractivity contribution >= 4 is 17.5 Å². The van der Waals surface area contributed by atoms with Crippen LogP contribution in [0.2, 0.25) is 5.02 Å². The van der Waals surface area contributed by atoms with Crippen LogP contribution in [0.4, 0.5) is 0 Å². The van der Waals surface area contributed by atoms with Gasteiger partial charge in [-0.25, -0.2) is 4.79 Å². The number of aromatic nitrogens is 2. The van der Waals surface area contributed by atoms with Crippen LogP contribution >= 0.6 is 11.6 Å². The van der Waals surface area contributed by atoms with Crippen molar-refractivity contribution in [2.45, 2.75) is 39.2 Å². The zero-order chi connectivity index (χ0) is 17.5. The summed E-state index contributed by atoms with van der Waals surface area (Å²) in [4.78, 5) is 32.9. The highest BCUT2D eigenvalue weighted by molar-refractivity contribution is 6.31. The molecule has 1 aromatic heterocycles. The molecule has 5 nitrogen and oxygen atoms in total. The molecule has 0 saturated heterocycles. The van der Waals surface area contributed by atoms with E-state index in [-0.39, 0.29) is 17.0 Å². The number of benzene rings is 1. The van der Waals surface area contributed by atoms with Gasteiger partial charge in [0.15, 0.2) is 0 Å². The van der Waals surface area contributed by atoms with Crippen LogP contribution in [-0.4, -0.2) is 27.3 Å². The first-order valence-corrected chi connectivity index (χ1v) is 8.31. The number of carbonyl (C=O) groups excluding carboxylic acids is 1. The third-order valence-electron chi connectivity index (χ3n) is 4.27. The molecule has 1 aliphatic rings. The fourth-order valence-electron chi connectivity index (χ4n) is 2.87. The van der Waals surface area contributed by atoms with Crippen LogP contribution < -0.4 is 5.69 Å². The summed E-state index contributed by atoms with van der Waals surface area (Å²) in [6.45, 7) is 6.98. The Bertz CT molecular complexity index is 852. The molecular weight excluding hydrogens is 326 g/mol. The molecule has 1 amide bonds. The molecule has 0 aliphatic carbocycles. The summed E-state index contributed by atoms with van der Waals surface area (Å²) in [5, 5.41) is 0.740. The summed E-state index contributed by atoms with van der Waals surface area (Å²) in [5.41, 5.74) is 2.27.